The van der Waals surface area contributed by atoms with Gasteiger partial charge in [0, 0.05) is 25.9 Å². The van der Waals surface area contributed by atoms with Crippen LogP contribution in [-0.4, -0.2) is 47.6 Å². The first-order valence-electron chi connectivity index (χ1n) is 6.03. The van der Waals surface area contributed by atoms with Crippen molar-refractivity contribution in [2.24, 2.45) is 0 Å². The van der Waals surface area contributed by atoms with Gasteiger partial charge in [0.25, 0.3) is 0 Å². The summed E-state index contributed by atoms with van der Waals surface area (Å²) in [5, 5.41) is 14.7. The number of amides is 2. The predicted molar refractivity (Wildman–Crippen MR) is 78.2 cm³/mol. The van der Waals surface area contributed by atoms with Crippen LogP contribution in [0.3, 0.4) is 0 Å². The van der Waals surface area contributed by atoms with E-state index in [9.17, 15) is 14.7 Å². The topological polar surface area (TPSA) is 78.4 Å². The Labute approximate surface area is 119 Å². The van der Waals surface area contributed by atoms with E-state index in [0.717, 1.165) is 0 Å². The van der Waals surface area contributed by atoms with Crippen molar-refractivity contribution in [1.29, 1.82) is 0 Å². The van der Waals surface area contributed by atoms with E-state index >= 15 is 0 Å². The number of carbonyl (C=O) groups is 2. The van der Waals surface area contributed by atoms with Gasteiger partial charge in [0.15, 0.2) is 0 Å². The van der Waals surface area contributed by atoms with Crippen molar-refractivity contribution in [3.8, 4) is 0 Å². The van der Waals surface area contributed by atoms with E-state index in [4.69, 9.17) is 0 Å². The van der Waals surface area contributed by atoms with Crippen LogP contribution < -0.4 is 10.6 Å². The minimum Gasteiger partial charge on any atom is -0.389 e. The summed E-state index contributed by atoms with van der Waals surface area (Å²) in [5.41, 5.74) is 0. The van der Waals surface area contributed by atoms with Gasteiger partial charge in [0.05, 0.1) is 6.10 Å². The van der Waals surface area contributed by atoms with Crippen LogP contribution in [0.2, 0.25) is 0 Å². The lowest BCUT2D eigenvalue weighted by molar-refractivity contribution is -0.121. The molecule has 2 amide bonds. The van der Waals surface area contributed by atoms with E-state index in [1.807, 2.05) is 0 Å². The van der Waals surface area contributed by atoms with E-state index in [1.165, 1.54) is 0 Å². The van der Waals surface area contributed by atoms with Gasteiger partial charge in [-0.1, -0.05) is 0 Å². The second-order valence-electron chi connectivity index (χ2n) is 3.92. The molecule has 0 bridgehead atoms. The van der Waals surface area contributed by atoms with Crippen molar-refractivity contribution in [2.45, 2.75) is 31.8 Å². The maximum atomic E-state index is 11.2. The van der Waals surface area contributed by atoms with Crippen LogP contribution in [0.1, 0.15) is 25.7 Å². The summed E-state index contributed by atoms with van der Waals surface area (Å²) in [5.74, 6) is 1.11. The molecule has 5 nitrogen and oxygen atoms in total. The molecule has 0 heterocycles. The van der Waals surface area contributed by atoms with Gasteiger partial charge in [-0.05, 0) is 24.3 Å². The van der Waals surface area contributed by atoms with Gasteiger partial charge in [-0.25, -0.2) is 0 Å². The van der Waals surface area contributed by atoms with Crippen molar-refractivity contribution in [2.75, 3.05) is 24.6 Å². The molecule has 106 valence electrons. The summed E-state index contributed by atoms with van der Waals surface area (Å²) in [6.45, 7) is 0.302. The van der Waals surface area contributed by atoms with Crippen LogP contribution in [-0.2, 0) is 9.59 Å². The highest BCUT2D eigenvalue weighted by Crippen LogP contribution is 1.92. The Morgan fingerprint density at radius 2 is 1.33 bits per heavy atom. The molecule has 0 unspecified atom stereocenters. The molecule has 0 atom stereocenters. The van der Waals surface area contributed by atoms with E-state index in [0.29, 0.717) is 37.2 Å². The fraction of sp³-hybridized carbons (Fsp3) is 0.818. The molecule has 0 aromatic rings. The first kappa shape index (κ1) is 17.6. The summed E-state index contributed by atoms with van der Waals surface area (Å²) in [7, 11) is 0. The fourth-order valence-electron chi connectivity index (χ4n) is 1.19. The molecule has 3 N–H and O–H groups in total. The van der Waals surface area contributed by atoms with Crippen molar-refractivity contribution < 1.29 is 14.7 Å². The molecule has 7 heteroatoms. The van der Waals surface area contributed by atoms with Crippen LogP contribution in [0.25, 0.3) is 0 Å². The molecular formula is C11H22N2O3S2. The molecule has 0 rings (SSSR count). The van der Waals surface area contributed by atoms with Crippen LogP contribution in [0, 0.1) is 0 Å². The average Bonchev–Trinajstić information content (AvgIpc) is 2.37. The maximum Gasteiger partial charge on any atom is 0.220 e. The number of nitrogens with one attached hydrogen (secondary N) is 2. The van der Waals surface area contributed by atoms with Crippen molar-refractivity contribution in [1.82, 2.24) is 10.6 Å². The first-order chi connectivity index (χ1) is 8.60. The molecule has 18 heavy (non-hydrogen) atoms. The van der Waals surface area contributed by atoms with Crippen LogP contribution in [0.4, 0.5) is 0 Å². The smallest absolute Gasteiger partial charge is 0.220 e. The number of aliphatic hydroxyl groups is 1. The second-order valence-corrected chi connectivity index (χ2v) is 4.81. The Balaban J connectivity index is 3.55. The second kappa shape index (κ2) is 11.7. The number of aliphatic hydroxyl groups excluding tert-OH is 1. The zero-order valence-electron chi connectivity index (χ0n) is 10.4. The summed E-state index contributed by atoms with van der Waals surface area (Å²) in [4.78, 5) is 22.5. The van der Waals surface area contributed by atoms with Gasteiger partial charge < -0.3 is 15.7 Å². The standard InChI is InChI=1S/C11H22N2O3S2/c14-9(7-12-10(15)3-1-5-17)8-13-11(16)4-2-6-18/h9,14,17-18H,1-8H2,(H,12,15)(H,13,16). The molecule has 0 saturated heterocycles. The molecule has 0 aromatic carbocycles. The minimum absolute atomic E-state index is 0.107. The highest BCUT2D eigenvalue weighted by Gasteiger charge is 2.08. The zero-order valence-corrected chi connectivity index (χ0v) is 12.2. The van der Waals surface area contributed by atoms with Crippen molar-refractivity contribution in [3.05, 3.63) is 0 Å². The SMILES string of the molecule is O=C(CCCS)NCC(O)CNC(=O)CCCS. The molecule has 0 saturated carbocycles. The molecule has 0 aliphatic heterocycles. The van der Waals surface area contributed by atoms with Gasteiger partial charge in [0.1, 0.15) is 0 Å². The van der Waals surface area contributed by atoms with Crippen molar-refractivity contribution >= 4 is 37.1 Å². The van der Waals surface area contributed by atoms with Gasteiger partial charge in [-0.3, -0.25) is 9.59 Å². The van der Waals surface area contributed by atoms with E-state index in [1.54, 1.807) is 0 Å². The third kappa shape index (κ3) is 10.7. The largest absolute Gasteiger partial charge is 0.389 e. The zero-order chi connectivity index (χ0) is 13.8. The average molecular weight is 294 g/mol. The van der Waals surface area contributed by atoms with E-state index in [2.05, 4.69) is 35.9 Å². The molecule has 0 radical (unpaired) electrons. The Hall–Kier alpha value is -0.400. The van der Waals surface area contributed by atoms with E-state index < -0.39 is 6.10 Å². The van der Waals surface area contributed by atoms with E-state index in [-0.39, 0.29) is 24.9 Å². The monoisotopic (exact) mass is 294 g/mol. The minimum atomic E-state index is -0.759. The molecule has 0 aromatic heterocycles. The van der Waals surface area contributed by atoms with Crippen molar-refractivity contribution in [3.63, 3.8) is 0 Å². The molecular weight excluding hydrogens is 272 g/mol. The van der Waals surface area contributed by atoms with Gasteiger partial charge in [-0.15, -0.1) is 0 Å². The Kier molecular flexibility index (Phi) is 11.4. The lowest BCUT2D eigenvalue weighted by atomic mass is 10.3. The predicted octanol–water partition coefficient (Wildman–Crippen LogP) is -0.000300. The number of thiol groups is 2. The molecule has 0 aliphatic carbocycles. The first-order valence-corrected chi connectivity index (χ1v) is 7.29. The van der Waals surface area contributed by atoms with Gasteiger partial charge in [-0.2, -0.15) is 25.3 Å². The van der Waals surface area contributed by atoms with Crippen LogP contribution in [0.5, 0.6) is 0 Å². The summed E-state index contributed by atoms with van der Waals surface area (Å²) in [6, 6.07) is 0. The normalized spacial score (nSPS) is 10.4. The number of rotatable bonds is 10. The third-order valence-corrected chi connectivity index (χ3v) is 2.83. The molecule has 0 aliphatic rings. The number of hydrogen-bond acceptors (Lipinski definition) is 5. The highest BCUT2D eigenvalue weighted by molar-refractivity contribution is 7.80. The number of carbonyl (C=O) groups excluding carboxylic acids is 2. The summed E-state index contributed by atoms with van der Waals surface area (Å²) < 4.78 is 0. The Morgan fingerprint density at radius 3 is 1.67 bits per heavy atom. The summed E-state index contributed by atoms with van der Waals surface area (Å²) in [6.07, 6.45) is 1.48. The Morgan fingerprint density at radius 1 is 0.944 bits per heavy atom. The van der Waals surface area contributed by atoms with Crippen LogP contribution >= 0.6 is 25.3 Å². The lowest BCUT2D eigenvalue weighted by Gasteiger charge is -2.12. The molecule has 0 spiro atoms. The fourth-order valence-corrected chi connectivity index (χ4v) is 1.51. The van der Waals surface area contributed by atoms with Gasteiger partial charge >= 0.3 is 0 Å². The number of hydrogen-bond donors (Lipinski definition) is 5. The third-order valence-electron chi connectivity index (χ3n) is 2.19. The van der Waals surface area contributed by atoms with Gasteiger partial charge in [0.2, 0.25) is 11.8 Å². The van der Waals surface area contributed by atoms with Crippen LogP contribution in [0.15, 0.2) is 0 Å². The highest BCUT2D eigenvalue weighted by atomic mass is 32.1. The Bertz CT molecular complexity index is 228. The lowest BCUT2D eigenvalue weighted by Crippen LogP contribution is -2.39. The maximum absolute atomic E-state index is 11.2. The molecule has 0 fully saturated rings. The summed E-state index contributed by atoms with van der Waals surface area (Å²) >= 11 is 8.01. The quantitative estimate of drug-likeness (QED) is 0.368.